The van der Waals surface area contributed by atoms with E-state index in [0.29, 0.717) is 24.5 Å². The fourth-order valence-corrected chi connectivity index (χ4v) is 4.92. The molecule has 1 aliphatic rings. The lowest BCUT2D eigenvalue weighted by Crippen LogP contribution is -2.48. The normalized spacial score (nSPS) is 20.2. The SMILES string of the molecule is CC1CN(S(=O)(=O)c2ccc(NC(=O)COc3ccc(Br)cc3)cc2)CC(C)O1. The van der Waals surface area contributed by atoms with Crippen LogP contribution in [0.1, 0.15) is 13.8 Å². The van der Waals surface area contributed by atoms with E-state index in [2.05, 4.69) is 21.2 Å². The van der Waals surface area contributed by atoms with Gasteiger partial charge in [0.15, 0.2) is 6.61 Å². The van der Waals surface area contributed by atoms with Gasteiger partial charge < -0.3 is 14.8 Å². The van der Waals surface area contributed by atoms with Crippen molar-refractivity contribution < 1.29 is 22.7 Å². The largest absolute Gasteiger partial charge is 0.484 e. The van der Waals surface area contributed by atoms with Gasteiger partial charge in [0.25, 0.3) is 5.91 Å². The molecule has 156 valence electrons. The van der Waals surface area contributed by atoms with E-state index < -0.39 is 10.0 Å². The van der Waals surface area contributed by atoms with Gasteiger partial charge in [-0.25, -0.2) is 8.42 Å². The Kier molecular flexibility index (Phi) is 6.94. The van der Waals surface area contributed by atoms with E-state index in [-0.39, 0.29) is 29.6 Å². The van der Waals surface area contributed by atoms with E-state index in [0.717, 1.165) is 4.47 Å². The van der Waals surface area contributed by atoms with Gasteiger partial charge in [-0.15, -0.1) is 0 Å². The topological polar surface area (TPSA) is 84.9 Å². The molecule has 9 heteroatoms. The number of amides is 1. The standard InChI is InChI=1S/C20H23BrN2O5S/c1-14-11-23(12-15(2)28-14)29(25,26)19-9-5-17(6-10-19)22-20(24)13-27-18-7-3-16(21)4-8-18/h3-10,14-15H,11-13H2,1-2H3,(H,22,24). The van der Waals surface area contributed by atoms with Crippen molar-refractivity contribution in [2.24, 2.45) is 0 Å². The van der Waals surface area contributed by atoms with Gasteiger partial charge in [0.05, 0.1) is 17.1 Å². The zero-order chi connectivity index (χ0) is 21.0. The third kappa shape index (κ3) is 5.79. The fraction of sp³-hybridized carbons (Fsp3) is 0.350. The van der Waals surface area contributed by atoms with Crippen LogP contribution in [0.25, 0.3) is 0 Å². The molecule has 2 atom stereocenters. The Morgan fingerprint density at radius 1 is 1.10 bits per heavy atom. The quantitative estimate of drug-likeness (QED) is 0.682. The zero-order valence-electron chi connectivity index (χ0n) is 16.2. The summed E-state index contributed by atoms with van der Waals surface area (Å²) in [5, 5.41) is 2.69. The molecule has 1 N–H and O–H groups in total. The fourth-order valence-electron chi connectivity index (χ4n) is 3.06. The monoisotopic (exact) mass is 482 g/mol. The van der Waals surface area contributed by atoms with Crippen LogP contribution in [-0.2, 0) is 19.6 Å². The Labute approximate surface area is 179 Å². The number of hydrogen-bond donors (Lipinski definition) is 1. The van der Waals surface area contributed by atoms with Crippen LogP contribution in [0.4, 0.5) is 5.69 Å². The van der Waals surface area contributed by atoms with Crippen molar-refractivity contribution in [3.8, 4) is 5.75 Å². The van der Waals surface area contributed by atoms with Crippen LogP contribution in [0.3, 0.4) is 0 Å². The molecule has 2 aromatic rings. The molecule has 1 saturated heterocycles. The minimum atomic E-state index is -3.61. The maximum atomic E-state index is 12.9. The van der Waals surface area contributed by atoms with Crippen molar-refractivity contribution in [2.75, 3.05) is 25.0 Å². The summed E-state index contributed by atoms with van der Waals surface area (Å²) in [4.78, 5) is 12.3. The van der Waals surface area contributed by atoms with E-state index in [1.165, 1.54) is 16.4 Å². The lowest BCUT2D eigenvalue weighted by Gasteiger charge is -2.34. The van der Waals surface area contributed by atoms with Crippen molar-refractivity contribution in [1.82, 2.24) is 4.31 Å². The first-order chi connectivity index (χ1) is 13.7. The summed E-state index contributed by atoms with van der Waals surface area (Å²) in [5.41, 5.74) is 0.497. The van der Waals surface area contributed by atoms with E-state index >= 15 is 0 Å². The van der Waals surface area contributed by atoms with Crippen LogP contribution in [-0.4, -0.2) is 50.5 Å². The van der Waals surface area contributed by atoms with Gasteiger partial charge in [0, 0.05) is 23.2 Å². The number of rotatable bonds is 6. The number of nitrogens with one attached hydrogen (secondary N) is 1. The number of carbonyl (C=O) groups excluding carboxylic acids is 1. The van der Waals surface area contributed by atoms with Crippen molar-refractivity contribution in [3.63, 3.8) is 0 Å². The van der Waals surface area contributed by atoms with Gasteiger partial charge in [-0.2, -0.15) is 4.31 Å². The molecule has 0 saturated carbocycles. The van der Waals surface area contributed by atoms with Gasteiger partial charge in [0.1, 0.15) is 5.75 Å². The third-order valence-electron chi connectivity index (χ3n) is 4.35. The number of morpholine rings is 1. The summed E-state index contributed by atoms with van der Waals surface area (Å²) in [5.74, 6) is 0.248. The minimum absolute atomic E-state index is 0.148. The molecule has 1 amide bonds. The van der Waals surface area contributed by atoms with E-state index in [1.54, 1.807) is 24.3 Å². The molecule has 2 unspecified atom stereocenters. The maximum absolute atomic E-state index is 12.9. The number of ether oxygens (including phenoxy) is 2. The van der Waals surface area contributed by atoms with E-state index in [1.807, 2.05) is 26.0 Å². The second-order valence-corrected chi connectivity index (χ2v) is 9.75. The average molecular weight is 483 g/mol. The Balaban J connectivity index is 1.59. The molecule has 0 aliphatic carbocycles. The van der Waals surface area contributed by atoms with Crippen molar-refractivity contribution in [2.45, 2.75) is 31.0 Å². The molecule has 1 aliphatic heterocycles. The summed E-state index contributed by atoms with van der Waals surface area (Å²) < 4.78 is 39.1. The lowest BCUT2D eigenvalue weighted by atomic mass is 10.3. The third-order valence-corrected chi connectivity index (χ3v) is 6.72. The highest BCUT2D eigenvalue weighted by molar-refractivity contribution is 9.10. The zero-order valence-corrected chi connectivity index (χ0v) is 18.6. The highest BCUT2D eigenvalue weighted by atomic mass is 79.9. The molecule has 0 bridgehead atoms. The van der Waals surface area contributed by atoms with Gasteiger partial charge in [-0.05, 0) is 62.4 Å². The summed E-state index contributed by atoms with van der Waals surface area (Å²) in [7, 11) is -3.61. The molecule has 0 spiro atoms. The molecule has 0 aromatic heterocycles. The maximum Gasteiger partial charge on any atom is 0.262 e. The number of sulfonamides is 1. The minimum Gasteiger partial charge on any atom is -0.484 e. The molecule has 1 fully saturated rings. The van der Waals surface area contributed by atoms with Crippen molar-refractivity contribution >= 4 is 37.5 Å². The first-order valence-electron chi connectivity index (χ1n) is 9.18. The first kappa shape index (κ1) is 21.8. The molecule has 29 heavy (non-hydrogen) atoms. The van der Waals surface area contributed by atoms with Crippen LogP contribution < -0.4 is 10.1 Å². The van der Waals surface area contributed by atoms with Gasteiger partial charge in [-0.1, -0.05) is 15.9 Å². The molecular weight excluding hydrogens is 460 g/mol. The summed E-state index contributed by atoms with van der Waals surface area (Å²) in [6.07, 6.45) is -0.310. The second kappa shape index (κ2) is 9.25. The Morgan fingerprint density at radius 3 is 2.28 bits per heavy atom. The number of carbonyl (C=O) groups is 1. The molecule has 3 rings (SSSR count). The first-order valence-corrected chi connectivity index (χ1v) is 11.4. The highest BCUT2D eigenvalue weighted by Crippen LogP contribution is 2.22. The molecular formula is C20H23BrN2O5S. The van der Waals surface area contributed by atoms with E-state index in [4.69, 9.17) is 9.47 Å². The second-order valence-electron chi connectivity index (χ2n) is 6.89. The van der Waals surface area contributed by atoms with E-state index in [9.17, 15) is 13.2 Å². The van der Waals surface area contributed by atoms with Gasteiger partial charge in [0.2, 0.25) is 10.0 Å². The Bertz CT molecular complexity index is 938. The number of anilines is 1. The van der Waals surface area contributed by atoms with Crippen molar-refractivity contribution in [1.29, 1.82) is 0 Å². The van der Waals surface area contributed by atoms with Gasteiger partial charge >= 0.3 is 0 Å². The Hall–Kier alpha value is -1.94. The lowest BCUT2D eigenvalue weighted by molar-refractivity contribution is -0.118. The average Bonchev–Trinajstić information content (AvgIpc) is 2.67. The number of hydrogen-bond acceptors (Lipinski definition) is 5. The molecule has 1 heterocycles. The smallest absolute Gasteiger partial charge is 0.262 e. The molecule has 2 aromatic carbocycles. The van der Waals surface area contributed by atoms with Crippen LogP contribution in [0.15, 0.2) is 57.9 Å². The summed E-state index contributed by atoms with van der Waals surface area (Å²) >= 11 is 3.33. The number of nitrogens with zero attached hydrogens (tertiary/aromatic N) is 1. The molecule has 0 radical (unpaired) electrons. The number of benzene rings is 2. The number of halogens is 1. The summed E-state index contributed by atoms with van der Waals surface area (Å²) in [6.45, 7) is 4.20. The van der Waals surface area contributed by atoms with Crippen molar-refractivity contribution in [3.05, 3.63) is 53.0 Å². The summed E-state index contributed by atoms with van der Waals surface area (Å²) in [6, 6.07) is 13.3. The van der Waals surface area contributed by atoms with Crippen LogP contribution in [0.2, 0.25) is 0 Å². The van der Waals surface area contributed by atoms with Gasteiger partial charge in [-0.3, -0.25) is 4.79 Å². The predicted octanol–water partition coefficient (Wildman–Crippen LogP) is 3.26. The molecule has 7 nitrogen and oxygen atoms in total. The Morgan fingerprint density at radius 2 is 1.69 bits per heavy atom. The van der Waals surface area contributed by atoms with Crippen LogP contribution in [0, 0.1) is 0 Å². The van der Waals surface area contributed by atoms with Crippen LogP contribution >= 0.6 is 15.9 Å². The predicted molar refractivity (Wildman–Crippen MR) is 113 cm³/mol. The highest BCUT2D eigenvalue weighted by Gasteiger charge is 2.32. The van der Waals surface area contributed by atoms with Crippen LogP contribution in [0.5, 0.6) is 5.75 Å².